The number of hydrogen-bond donors (Lipinski definition) is 2. The Morgan fingerprint density at radius 2 is 1.36 bits per heavy atom. The molecule has 1 saturated heterocycles. The first-order valence-corrected chi connectivity index (χ1v) is 3.32. The van der Waals surface area contributed by atoms with Gasteiger partial charge in [-0.3, -0.25) is 0 Å². The van der Waals surface area contributed by atoms with E-state index in [9.17, 15) is 13.2 Å². The zero-order valence-corrected chi connectivity index (χ0v) is 6.63. The summed E-state index contributed by atoms with van der Waals surface area (Å²) in [5.74, 6) is 0. The van der Waals surface area contributed by atoms with E-state index in [0.29, 0.717) is 0 Å². The predicted molar refractivity (Wildman–Crippen MR) is 34.5 cm³/mol. The molecule has 0 bridgehead atoms. The van der Waals surface area contributed by atoms with Gasteiger partial charge in [-0.2, -0.15) is 13.2 Å². The number of alkyl halides is 3. The van der Waals surface area contributed by atoms with Crippen LogP contribution in [0.25, 0.3) is 0 Å². The molecule has 1 rings (SSSR count). The van der Waals surface area contributed by atoms with Gasteiger partial charge in [0, 0.05) is 5.41 Å². The van der Waals surface area contributed by atoms with Crippen molar-refractivity contribution >= 4 is 0 Å². The first kappa shape index (κ1) is 8.80. The van der Waals surface area contributed by atoms with Crippen LogP contribution in [0.5, 0.6) is 0 Å². The molecule has 0 atom stereocenters. The Morgan fingerprint density at radius 1 is 1.00 bits per heavy atom. The molecular weight excluding hydrogens is 157 g/mol. The van der Waals surface area contributed by atoms with Gasteiger partial charge in [0.1, 0.15) is 0 Å². The Hall–Kier alpha value is -0.290. The quantitative estimate of drug-likeness (QED) is 0.537. The highest BCUT2D eigenvalue weighted by atomic mass is 19.4. The van der Waals surface area contributed by atoms with Crippen LogP contribution in [0.15, 0.2) is 0 Å². The number of nitrogens with one attached hydrogen (secondary N) is 2. The molecule has 66 valence electrons. The van der Waals surface area contributed by atoms with Crippen LogP contribution in [0.3, 0.4) is 0 Å². The third kappa shape index (κ3) is 1.12. The summed E-state index contributed by atoms with van der Waals surface area (Å²) in [4.78, 5) is 0. The lowest BCUT2D eigenvalue weighted by atomic mass is 9.83. The molecule has 1 fully saturated rings. The van der Waals surface area contributed by atoms with Gasteiger partial charge in [-0.15, -0.1) is 0 Å². The molecule has 11 heavy (non-hydrogen) atoms. The first-order valence-electron chi connectivity index (χ1n) is 3.32. The molecule has 2 N–H and O–H groups in total. The summed E-state index contributed by atoms with van der Waals surface area (Å²) in [6.45, 7) is 4.61. The summed E-state index contributed by atoms with van der Waals surface area (Å²) in [5.41, 5.74) is 1.57. The molecule has 0 unspecified atom stereocenters. The normalized spacial score (nSPS) is 23.5. The van der Waals surface area contributed by atoms with Crippen molar-refractivity contribution in [2.75, 3.05) is 0 Å². The molecule has 0 radical (unpaired) electrons. The molecule has 1 heterocycles. The van der Waals surface area contributed by atoms with Gasteiger partial charge in [0.2, 0.25) is 0 Å². The standard InChI is InChI=1S/C6H11F3N2/c1-4(2,3)5(10-11-5)6(7,8)9/h10-11H,1-3H3. The van der Waals surface area contributed by atoms with Gasteiger partial charge in [-0.1, -0.05) is 20.8 Å². The zero-order valence-electron chi connectivity index (χ0n) is 6.63. The summed E-state index contributed by atoms with van der Waals surface area (Å²) in [6, 6.07) is 0. The molecule has 0 aliphatic carbocycles. The van der Waals surface area contributed by atoms with Gasteiger partial charge in [-0.25, -0.2) is 10.9 Å². The Labute approximate surface area is 63.1 Å². The molecule has 1 aliphatic rings. The van der Waals surface area contributed by atoms with Crippen LogP contribution in [-0.4, -0.2) is 11.8 Å². The lowest BCUT2D eigenvalue weighted by Crippen LogP contribution is -2.48. The van der Waals surface area contributed by atoms with Crippen LogP contribution < -0.4 is 10.9 Å². The molecule has 0 aromatic heterocycles. The van der Waals surface area contributed by atoms with Gasteiger partial charge < -0.3 is 0 Å². The first-order chi connectivity index (χ1) is 4.71. The van der Waals surface area contributed by atoms with Crippen molar-refractivity contribution in [1.82, 2.24) is 10.9 Å². The minimum Gasteiger partial charge on any atom is -0.226 e. The van der Waals surface area contributed by atoms with Crippen molar-refractivity contribution in [2.45, 2.75) is 32.6 Å². The van der Waals surface area contributed by atoms with Crippen LogP contribution in [-0.2, 0) is 0 Å². The van der Waals surface area contributed by atoms with Crippen molar-refractivity contribution < 1.29 is 13.2 Å². The molecule has 5 heteroatoms. The summed E-state index contributed by atoms with van der Waals surface area (Å²) >= 11 is 0. The van der Waals surface area contributed by atoms with Gasteiger partial charge in [0.05, 0.1) is 0 Å². The van der Waals surface area contributed by atoms with E-state index < -0.39 is 17.3 Å². The molecule has 0 saturated carbocycles. The van der Waals surface area contributed by atoms with E-state index in [1.165, 1.54) is 20.8 Å². The van der Waals surface area contributed by atoms with Crippen LogP contribution in [0.4, 0.5) is 13.2 Å². The summed E-state index contributed by atoms with van der Waals surface area (Å²) in [6.07, 6.45) is -4.23. The summed E-state index contributed by atoms with van der Waals surface area (Å²) in [5, 5.41) is 0. The van der Waals surface area contributed by atoms with E-state index in [2.05, 4.69) is 10.9 Å². The second-order valence-electron chi connectivity index (χ2n) is 3.75. The maximum absolute atomic E-state index is 12.3. The molecule has 0 aromatic rings. The fourth-order valence-electron chi connectivity index (χ4n) is 1.00. The van der Waals surface area contributed by atoms with E-state index in [1.54, 1.807) is 0 Å². The highest BCUT2D eigenvalue weighted by Gasteiger charge is 2.69. The third-order valence-electron chi connectivity index (χ3n) is 1.93. The average molecular weight is 168 g/mol. The smallest absolute Gasteiger partial charge is 0.226 e. The van der Waals surface area contributed by atoms with Crippen LogP contribution in [0.2, 0.25) is 0 Å². The fraction of sp³-hybridized carbons (Fsp3) is 1.00. The highest BCUT2D eigenvalue weighted by Crippen LogP contribution is 2.45. The maximum atomic E-state index is 12.3. The second kappa shape index (κ2) is 1.90. The third-order valence-corrected chi connectivity index (χ3v) is 1.93. The Morgan fingerprint density at radius 3 is 1.36 bits per heavy atom. The average Bonchev–Trinajstić information content (AvgIpc) is 2.31. The van der Waals surface area contributed by atoms with E-state index in [0.717, 1.165) is 0 Å². The van der Waals surface area contributed by atoms with E-state index >= 15 is 0 Å². The molecular formula is C6H11F3N2. The fourth-order valence-corrected chi connectivity index (χ4v) is 1.00. The van der Waals surface area contributed by atoms with Crippen molar-refractivity contribution in [1.29, 1.82) is 0 Å². The van der Waals surface area contributed by atoms with Gasteiger partial charge >= 0.3 is 6.18 Å². The molecule has 2 nitrogen and oxygen atoms in total. The SMILES string of the molecule is CC(C)(C)C1(C(F)(F)F)NN1. The van der Waals surface area contributed by atoms with Gasteiger partial charge in [-0.05, 0) is 0 Å². The van der Waals surface area contributed by atoms with Crippen molar-refractivity contribution in [3.63, 3.8) is 0 Å². The minimum absolute atomic E-state index is 0.856. The number of rotatable bonds is 0. The Balaban J connectivity index is 2.85. The van der Waals surface area contributed by atoms with Crippen LogP contribution in [0.1, 0.15) is 20.8 Å². The monoisotopic (exact) mass is 168 g/mol. The largest absolute Gasteiger partial charge is 0.422 e. The van der Waals surface area contributed by atoms with Crippen molar-refractivity contribution in [3.8, 4) is 0 Å². The molecule has 0 aromatic carbocycles. The van der Waals surface area contributed by atoms with E-state index in [1.807, 2.05) is 0 Å². The topological polar surface area (TPSA) is 43.9 Å². The van der Waals surface area contributed by atoms with Crippen LogP contribution in [0, 0.1) is 5.41 Å². The van der Waals surface area contributed by atoms with Gasteiger partial charge in [0.25, 0.3) is 0 Å². The van der Waals surface area contributed by atoms with E-state index in [4.69, 9.17) is 0 Å². The van der Waals surface area contributed by atoms with Crippen molar-refractivity contribution in [2.24, 2.45) is 5.41 Å². The number of hydrogen-bond acceptors (Lipinski definition) is 2. The summed E-state index contributed by atoms with van der Waals surface area (Å²) < 4.78 is 36.8. The Kier molecular flexibility index (Phi) is 1.52. The van der Waals surface area contributed by atoms with Crippen LogP contribution >= 0.6 is 0 Å². The second-order valence-corrected chi connectivity index (χ2v) is 3.75. The lowest BCUT2D eigenvalue weighted by molar-refractivity contribution is -0.186. The van der Waals surface area contributed by atoms with E-state index in [-0.39, 0.29) is 0 Å². The molecule has 0 amide bonds. The summed E-state index contributed by atoms with van der Waals surface area (Å²) in [7, 11) is 0. The molecule has 0 spiro atoms. The number of hydrazine groups is 1. The maximum Gasteiger partial charge on any atom is 0.422 e. The molecule has 1 aliphatic heterocycles. The predicted octanol–water partition coefficient (Wildman–Crippen LogP) is 1.40. The highest BCUT2D eigenvalue weighted by molar-refractivity contribution is 5.08. The number of halogens is 3. The van der Waals surface area contributed by atoms with Gasteiger partial charge in [0.15, 0.2) is 5.66 Å². The minimum atomic E-state index is -4.23. The zero-order chi connectivity index (χ0) is 8.91. The van der Waals surface area contributed by atoms with Crippen molar-refractivity contribution in [3.05, 3.63) is 0 Å². The Bertz CT molecular complexity index is 148. The lowest BCUT2D eigenvalue weighted by Gasteiger charge is -2.29.